The number of benzene rings is 1. The molecule has 0 fully saturated rings. The van der Waals surface area contributed by atoms with E-state index in [0.29, 0.717) is 17.3 Å². The summed E-state index contributed by atoms with van der Waals surface area (Å²) in [6.45, 7) is 2.06. The third kappa shape index (κ3) is 3.15. The molecule has 1 rings (SSSR count). The molecule has 88 valence electrons. The average Bonchev–Trinajstić information content (AvgIpc) is 2.29. The Morgan fingerprint density at radius 1 is 1.31 bits per heavy atom. The largest absolute Gasteiger partial charge is 0.497 e. The number of rotatable bonds is 5. The molecule has 4 heteroatoms. The van der Waals surface area contributed by atoms with Gasteiger partial charge in [-0.25, -0.2) is 4.99 Å². The Balaban J connectivity index is 3.04. The van der Waals surface area contributed by atoms with Gasteiger partial charge in [-0.15, -0.1) is 0 Å². The van der Waals surface area contributed by atoms with Crippen LogP contribution in [0.2, 0.25) is 0 Å². The smallest absolute Gasteiger partial charge is 0.144 e. The van der Waals surface area contributed by atoms with Crippen LogP contribution in [0.4, 0.5) is 5.69 Å². The van der Waals surface area contributed by atoms with Crippen LogP contribution in [0, 0.1) is 0 Å². The second kappa shape index (κ2) is 6.00. The molecule has 0 radical (unpaired) electrons. The van der Waals surface area contributed by atoms with Gasteiger partial charge >= 0.3 is 0 Å². The molecule has 0 saturated heterocycles. The Bertz CT molecular complexity index is 375. The van der Waals surface area contributed by atoms with E-state index in [0.717, 1.165) is 18.6 Å². The summed E-state index contributed by atoms with van der Waals surface area (Å²) in [5.74, 6) is 2.04. The van der Waals surface area contributed by atoms with Gasteiger partial charge in [-0.3, -0.25) is 0 Å². The summed E-state index contributed by atoms with van der Waals surface area (Å²) in [5, 5.41) is 0. The molecule has 0 heterocycles. The van der Waals surface area contributed by atoms with Crippen molar-refractivity contribution in [3.63, 3.8) is 0 Å². The van der Waals surface area contributed by atoms with Crippen LogP contribution in [0.5, 0.6) is 11.5 Å². The van der Waals surface area contributed by atoms with Crippen LogP contribution in [0.25, 0.3) is 0 Å². The molecule has 0 aromatic heterocycles. The van der Waals surface area contributed by atoms with Crippen LogP contribution < -0.4 is 15.2 Å². The van der Waals surface area contributed by atoms with Crippen LogP contribution in [-0.4, -0.2) is 20.1 Å². The van der Waals surface area contributed by atoms with Crippen molar-refractivity contribution in [2.24, 2.45) is 10.7 Å². The fraction of sp³-hybridized carbons (Fsp3) is 0.417. The van der Waals surface area contributed by atoms with Crippen LogP contribution in [0.15, 0.2) is 23.2 Å². The SMILES string of the molecule is CCCC(N)=Nc1cc(OC)ccc1OC. The fourth-order valence-electron chi connectivity index (χ4n) is 1.35. The molecule has 0 aliphatic rings. The number of hydrogen-bond donors (Lipinski definition) is 1. The van der Waals surface area contributed by atoms with Crippen molar-refractivity contribution in [3.05, 3.63) is 18.2 Å². The maximum atomic E-state index is 5.78. The highest BCUT2D eigenvalue weighted by Gasteiger charge is 2.04. The molecule has 0 aliphatic heterocycles. The molecule has 0 atom stereocenters. The van der Waals surface area contributed by atoms with E-state index in [2.05, 4.69) is 11.9 Å². The highest BCUT2D eigenvalue weighted by Crippen LogP contribution is 2.31. The Morgan fingerprint density at radius 3 is 2.62 bits per heavy atom. The predicted molar refractivity (Wildman–Crippen MR) is 65.7 cm³/mol. The van der Waals surface area contributed by atoms with Gasteiger partial charge < -0.3 is 15.2 Å². The van der Waals surface area contributed by atoms with Crippen molar-refractivity contribution >= 4 is 11.5 Å². The van der Waals surface area contributed by atoms with Gasteiger partial charge in [0.1, 0.15) is 17.2 Å². The molecule has 1 aromatic rings. The number of aliphatic imine (C=N–C) groups is 1. The first-order chi connectivity index (χ1) is 7.71. The number of hydrogen-bond acceptors (Lipinski definition) is 3. The molecule has 0 unspecified atom stereocenters. The second-order valence-electron chi connectivity index (χ2n) is 3.39. The van der Waals surface area contributed by atoms with Crippen molar-refractivity contribution in [2.45, 2.75) is 19.8 Å². The van der Waals surface area contributed by atoms with Gasteiger partial charge in [0, 0.05) is 12.5 Å². The third-order valence-corrected chi connectivity index (χ3v) is 2.16. The summed E-state index contributed by atoms with van der Waals surface area (Å²) in [5.41, 5.74) is 6.49. The molecule has 0 saturated carbocycles. The van der Waals surface area contributed by atoms with E-state index in [1.54, 1.807) is 20.3 Å². The number of methoxy groups -OCH3 is 2. The van der Waals surface area contributed by atoms with E-state index in [9.17, 15) is 0 Å². The van der Waals surface area contributed by atoms with Crippen molar-refractivity contribution in [1.82, 2.24) is 0 Å². The minimum Gasteiger partial charge on any atom is -0.497 e. The van der Waals surface area contributed by atoms with Gasteiger partial charge in [-0.05, 0) is 18.6 Å². The quantitative estimate of drug-likeness (QED) is 0.615. The Hall–Kier alpha value is -1.71. The number of nitrogens with two attached hydrogens (primary N) is 1. The van der Waals surface area contributed by atoms with Crippen molar-refractivity contribution in [1.29, 1.82) is 0 Å². The zero-order valence-electron chi connectivity index (χ0n) is 9.99. The predicted octanol–water partition coefficient (Wildman–Crippen LogP) is 2.49. The van der Waals surface area contributed by atoms with E-state index < -0.39 is 0 Å². The van der Waals surface area contributed by atoms with Crippen LogP contribution in [0.1, 0.15) is 19.8 Å². The third-order valence-electron chi connectivity index (χ3n) is 2.16. The van der Waals surface area contributed by atoms with Crippen molar-refractivity contribution < 1.29 is 9.47 Å². The second-order valence-corrected chi connectivity index (χ2v) is 3.39. The Kier molecular flexibility index (Phi) is 4.64. The lowest BCUT2D eigenvalue weighted by Gasteiger charge is -2.07. The van der Waals surface area contributed by atoms with Gasteiger partial charge in [0.25, 0.3) is 0 Å². The highest BCUT2D eigenvalue weighted by atomic mass is 16.5. The van der Waals surface area contributed by atoms with Gasteiger partial charge in [-0.2, -0.15) is 0 Å². The van der Waals surface area contributed by atoms with Crippen LogP contribution >= 0.6 is 0 Å². The lowest BCUT2D eigenvalue weighted by molar-refractivity contribution is 0.404. The summed E-state index contributed by atoms with van der Waals surface area (Å²) in [6, 6.07) is 5.45. The fourth-order valence-corrected chi connectivity index (χ4v) is 1.35. The molecule has 0 bridgehead atoms. The monoisotopic (exact) mass is 222 g/mol. The Labute approximate surface area is 96.1 Å². The maximum Gasteiger partial charge on any atom is 0.144 e. The molecular weight excluding hydrogens is 204 g/mol. The lowest BCUT2D eigenvalue weighted by Crippen LogP contribution is -2.10. The zero-order valence-corrected chi connectivity index (χ0v) is 9.99. The number of ether oxygens (including phenoxy) is 2. The first-order valence-corrected chi connectivity index (χ1v) is 5.26. The zero-order chi connectivity index (χ0) is 12.0. The number of nitrogens with zero attached hydrogens (tertiary/aromatic N) is 1. The molecule has 0 aliphatic carbocycles. The molecule has 0 amide bonds. The summed E-state index contributed by atoms with van der Waals surface area (Å²) >= 11 is 0. The summed E-state index contributed by atoms with van der Waals surface area (Å²) < 4.78 is 10.3. The minimum absolute atomic E-state index is 0.606. The maximum absolute atomic E-state index is 5.78. The summed E-state index contributed by atoms with van der Waals surface area (Å²) in [4.78, 5) is 4.32. The van der Waals surface area contributed by atoms with Gasteiger partial charge in [0.15, 0.2) is 0 Å². The summed E-state index contributed by atoms with van der Waals surface area (Å²) in [6.07, 6.45) is 1.75. The number of amidine groups is 1. The summed E-state index contributed by atoms with van der Waals surface area (Å²) in [7, 11) is 3.22. The van der Waals surface area contributed by atoms with E-state index in [-0.39, 0.29) is 0 Å². The average molecular weight is 222 g/mol. The standard InChI is InChI=1S/C12H18N2O2/c1-4-5-12(13)14-10-8-9(15-2)6-7-11(10)16-3/h6-8H,4-5H2,1-3H3,(H2,13,14). The lowest BCUT2D eigenvalue weighted by atomic mass is 10.2. The Morgan fingerprint density at radius 2 is 2.06 bits per heavy atom. The first kappa shape index (κ1) is 12.4. The first-order valence-electron chi connectivity index (χ1n) is 5.26. The molecule has 0 spiro atoms. The molecular formula is C12H18N2O2. The molecule has 1 aromatic carbocycles. The highest BCUT2D eigenvalue weighted by molar-refractivity contribution is 5.84. The minimum atomic E-state index is 0.606. The van der Waals surface area contributed by atoms with E-state index in [4.69, 9.17) is 15.2 Å². The normalized spacial score (nSPS) is 11.3. The molecule has 2 N–H and O–H groups in total. The van der Waals surface area contributed by atoms with Gasteiger partial charge in [0.2, 0.25) is 0 Å². The van der Waals surface area contributed by atoms with Crippen LogP contribution in [0.3, 0.4) is 0 Å². The molecule has 4 nitrogen and oxygen atoms in total. The van der Waals surface area contributed by atoms with Gasteiger partial charge in [-0.1, -0.05) is 6.92 Å². The van der Waals surface area contributed by atoms with E-state index in [1.165, 1.54) is 0 Å². The van der Waals surface area contributed by atoms with E-state index in [1.807, 2.05) is 12.1 Å². The van der Waals surface area contributed by atoms with Gasteiger partial charge in [0.05, 0.1) is 20.1 Å². The topological polar surface area (TPSA) is 56.8 Å². The molecule has 16 heavy (non-hydrogen) atoms. The van der Waals surface area contributed by atoms with Crippen molar-refractivity contribution in [3.8, 4) is 11.5 Å². The van der Waals surface area contributed by atoms with Crippen molar-refractivity contribution in [2.75, 3.05) is 14.2 Å². The van der Waals surface area contributed by atoms with E-state index >= 15 is 0 Å². The van der Waals surface area contributed by atoms with Crippen LogP contribution in [-0.2, 0) is 0 Å².